The van der Waals surface area contributed by atoms with Crippen LogP contribution >= 0.6 is 15.9 Å². The second kappa shape index (κ2) is 5.14. The van der Waals surface area contributed by atoms with E-state index < -0.39 is 0 Å². The third-order valence-electron chi connectivity index (χ3n) is 4.67. The second-order valence-corrected chi connectivity index (χ2v) is 7.10. The van der Waals surface area contributed by atoms with Crippen LogP contribution in [0.25, 0.3) is 21.9 Å². The van der Waals surface area contributed by atoms with Crippen LogP contribution in [0.2, 0.25) is 0 Å². The number of hydrogen-bond acceptors (Lipinski definition) is 3. The van der Waals surface area contributed by atoms with Crippen LogP contribution in [-0.4, -0.2) is 28.2 Å². The molecule has 0 atom stereocenters. The van der Waals surface area contributed by atoms with Crippen molar-refractivity contribution < 1.29 is 9.13 Å². The van der Waals surface area contributed by atoms with E-state index in [2.05, 4.69) is 32.8 Å². The molecule has 0 saturated carbocycles. The summed E-state index contributed by atoms with van der Waals surface area (Å²) < 4.78 is 19.7. The molecule has 5 nitrogen and oxygen atoms in total. The van der Waals surface area contributed by atoms with Crippen LogP contribution in [-0.2, 0) is 10.2 Å². The molecule has 0 radical (unpaired) electrons. The highest BCUT2D eigenvalue weighted by molar-refractivity contribution is 9.10. The zero-order chi connectivity index (χ0) is 16.2. The van der Waals surface area contributed by atoms with E-state index in [1.54, 1.807) is 6.07 Å². The summed E-state index contributed by atoms with van der Waals surface area (Å²) in [6.07, 6.45) is 1.62. The molecule has 3 heterocycles. The highest BCUT2D eigenvalue weighted by atomic mass is 79.9. The number of nitrogens with zero attached hydrogens (tertiary/aromatic N) is 1. The summed E-state index contributed by atoms with van der Waals surface area (Å²) >= 11 is 3.19. The van der Waals surface area contributed by atoms with E-state index in [4.69, 9.17) is 9.72 Å². The third-order valence-corrected chi connectivity index (χ3v) is 5.28. The van der Waals surface area contributed by atoms with E-state index in [-0.39, 0.29) is 16.9 Å². The number of rotatable bonds is 1. The maximum atomic E-state index is 13.9. The van der Waals surface area contributed by atoms with Gasteiger partial charge in [0.15, 0.2) is 0 Å². The number of benzene rings is 1. The van der Waals surface area contributed by atoms with Crippen LogP contribution in [0.3, 0.4) is 0 Å². The lowest BCUT2D eigenvalue weighted by Crippen LogP contribution is -2.32. The smallest absolute Gasteiger partial charge is 0.323 e. The van der Waals surface area contributed by atoms with Gasteiger partial charge in [0.05, 0.1) is 26.7 Å². The Balaban J connectivity index is 2.10. The molecule has 4 rings (SSSR count). The fourth-order valence-electron chi connectivity index (χ4n) is 3.26. The molecule has 2 aromatic heterocycles. The Morgan fingerprint density at radius 3 is 2.70 bits per heavy atom. The van der Waals surface area contributed by atoms with Gasteiger partial charge in [0.2, 0.25) is 0 Å². The summed E-state index contributed by atoms with van der Waals surface area (Å²) in [7, 11) is 0. The molecular weight excluding hydrogens is 365 g/mol. The van der Waals surface area contributed by atoms with Crippen LogP contribution in [0.1, 0.15) is 25.5 Å². The van der Waals surface area contributed by atoms with Gasteiger partial charge >= 0.3 is 5.69 Å². The predicted octanol–water partition coefficient (Wildman–Crippen LogP) is 3.37. The van der Waals surface area contributed by atoms with Crippen LogP contribution in [0.15, 0.2) is 21.4 Å². The standard InChI is InChI=1S/C16H15BrFN3O2/c1-16(2-4-23-5-3-16)14-13-12(20-15(22)21-13)8-6-9(17)10(18)7-11(8)19-14/h6-7H,2-5H2,1H3,(H2,20,21,22). The first-order chi connectivity index (χ1) is 11.0. The van der Waals surface area contributed by atoms with Gasteiger partial charge in [-0.05, 0) is 34.8 Å². The summed E-state index contributed by atoms with van der Waals surface area (Å²) in [5.41, 5.74) is 2.21. The van der Waals surface area contributed by atoms with Gasteiger partial charge in [-0.2, -0.15) is 0 Å². The third kappa shape index (κ3) is 2.30. The fourth-order valence-corrected chi connectivity index (χ4v) is 3.61. The minimum absolute atomic E-state index is 0.209. The number of pyridine rings is 1. The summed E-state index contributed by atoms with van der Waals surface area (Å²) in [4.78, 5) is 22.3. The largest absolute Gasteiger partial charge is 0.381 e. The molecule has 1 aromatic carbocycles. The van der Waals surface area contributed by atoms with Gasteiger partial charge in [-0.1, -0.05) is 6.92 Å². The molecule has 0 unspecified atom stereocenters. The van der Waals surface area contributed by atoms with Crippen molar-refractivity contribution in [3.05, 3.63) is 38.6 Å². The van der Waals surface area contributed by atoms with Crippen molar-refractivity contribution in [1.29, 1.82) is 0 Å². The first kappa shape index (κ1) is 14.8. The lowest BCUT2D eigenvalue weighted by molar-refractivity contribution is 0.0556. The lowest BCUT2D eigenvalue weighted by Gasteiger charge is -2.33. The number of aromatic nitrogens is 3. The molecule has 23 heavy (non-hydrogen) atoms. The Morgan fingerprint density at radius 2 is 1.96 bits per heavy atom. The maximum Gasteiger partial charge on any atom is 0.323 e. The Kier molecular flexibility index (Phi) is 3.32. The number of nitrogens with one attached hydrogen (secondary N) is 2. The molecule has 0 amide bonds. The zero-order valence-electron chi connectivity index (χ0n) is 12.5. The SMILES string of the molecule is CC1(c2nc3cc(F)c(Br)cc3c3[nH]c(=O)[nH]c23)CCOCC1. The van der Waals surface area contributed by atoms with Crippen molar-refractivity contribution >= 4 is 37.9 Å². The molecule has 120 valence electrons. The number of halogens is 2. The number of fused-ring (bicyclic) bond motifs is 3. The molecule has 0 aliphatic carbocycles. The van der Waals surface area contributed by atoms with Crippen molar-refractivity contribution in [3.63, 3.8) is 0 Å². The first-order valence-corrected chi connectivity index (χ1v) is 8.26. The van der Waals surface area contributed by atoms with Gasteiger partial charge in [-0.3, -0.25) is 0 Å². The molecule has 3 aromatic rings. The second-order valence-electron chi connectivity index (χ2n) is 6.25. The van der Waals surface area contributed by atoms with E-state index >= 15 is 0 Å². The van der Waals surface area contributed by atoms with Gasteiger partial charge in [-0.25, -0.2) is 14.2 Å². The molecule has 0 spiro atoms. The van der Waals surface area contributed by atoms with Gasteiger partial charge < -0.3 is 14.7 Å². The van der Waals surface area contributed by atoms with Crippen LogP contribution in [0, 0.1) is 5.82 Å². The van der Waals surface area contributed by atoms with Gasteiger partial charge in [0.25, 0.3) is 0 Å². The average Bonchev–Trinajstić information content (AvgIpc) is 2.90. The van der Waals surface area contributed by atoms with Crippen molar-refractivity contribution in [3.8, 4) is 0 Å². The van der Waals surface area contributed by atoms with Gasteiger partial charge in [0, 0.05) is 30.1 Å². The molecule has 1 aliphatic rings. The Hall–Kier alpha value is -1.73. The van der Waals surface area contributed by atoms with Crippen molar-refractivity contribution in [2.45, 2.75) is 25.2 Å². The van der Waals surface area contributed by atoms with E-state index in [9.17, 15) is 9.18 Å². The number of H-pyrrole nitrogens is 2. The minimum Gasteiger partial charge on any atom is -0.381 e. The van der Waals surface area contributed by atoms with Crippen LogP contribution in [0.4, 0.5) is 4.39 Å². The van der Waals surface area contributed by atoms with E-state index in [0.717, 1.165) is 18.5 Å². The Morgan fingerprint density at radius 1 is 1.26 bits per heavy atom. The average molecular weight is 380 g/mol. The molecule has 0 bridgehead atoms. The molecule has 2 N–H and O–H groups in total. The normalized spacial score (nSPS) is 17.9. The Labute approximate surface area is 139 Å². The molecular formula is C16H15BrFN3O2. The lowest BCUT2D eigenvalue weighted by atomic mass is 9.78. The van der Waals surface area contributed by atoms with Crippen molar-refractivity contribution in [1.82, 2.24) is 15.0 Å². The van der Waals surface area contributed by atoms with Gasteiger partial charge in [-0.15, -0.1) is 0 Å². The number of hydrogen-bond donors (Lipinski definition) is 2. The monoisotopic (exact) mass is 379 g/mol. The highest BCUT2D eigenvalue weighted by Crippen LogP contribution is 2.38. The number of aromatic amines is 2. The molecule has 1 saturated heterocycles. The summed E-state index contributed by atoms with van der Waals surface area (Å²) in [6, 6.07) is 3.05. The first-order valence-electron chi connectivity index (χ1n) is 7.47. The van der Waals surface area contributed by atoms with Crippen molar-refractivity contribution in [2.75, 3.05) is 13.2 Å². The fraction of sp³-hybridized carbons (Fsp3) is 0.375. The number of ether oxygens (including phenoxy) is 1. The summed E-state index contributed by atoms with van der Waals surface area (Å²) in [6.45, 7) is 3.42. The predicted molar refractivity (Wildman–Crippen MR) is 89.3 cm³/mol. The molecule has 1 aliphatic heterocycles. The van der Waals surface area contributed by atoms with E-state index in [1.165, 1.54) is 6.07 Å². The van der Waals surface area contributed by atoms with E-state index in [1.807, 2.05) is 0 Å². The summed E-state index contributed by atoms with van der Waals surface area (Å²) in [5, 5.41) is 0.714. The highest BCUT2D eigenvalue weighted by Gasteiger charge is 2.33. The zero-order valence-corrected chi connectivity index (χ0v) is 14.1. The summed E-state index contributed by atoms with van der Waals surface area (Å²) in [5.74, 6) is -0.370. The quantitative estimate of drug-likeness (QED) is 0.680. The maximum absolute atomic E-state index is 13.9. The molecule has 1 fully saturated rings. The number of imidazole rings is 1. The molecule has 7 heteroatoms. The van der Waals surface area contributed by atoms with Crippen LogP contribution in [0.5, 0.6) is 0 Å². The van der Waals surface area contributed by atoms with Crippen LogP contribution < -0.4 is 5.69 Å². The van der Waals surface area contributed by atoms with Crippen molar-refractivity contribution in [2.24, 2.45) is 0 Å². The topological polar surface area (TPSA) is 70.8 Å². The van der Waals surface area contributed by atoms with E-state index in [0.29, 0.717) is 39.6 Å². The van der Waals surface area contributed by atoms with Gasteiger partial charge in [0.1, 0.15) is 5.82 Å². The minimum atomic E-state index is -0.370. The Bertz CT molecular complexity index is 973.